The predicted molar refractivity (Wildman–Crippen MR) is 111 cm³/mol. The Kier molecular flexibility index (Phi) is 5.49. The van der Waals surface area contributed by atoms with Crippen molar-refractivity contribution in [3.63, 3.8) is 0 Å². The molecule has 1 fully saturated rings. The summed E-state index contributed by atoms with van der Waals surface area (Å²) < 4.78 is 7.74. The molecule has 0 radical (unpaired) electrons. The van der Waals surface area contributed by atoms with Crippen LogP contribution >= 0.6 is 11.3 Å². The van der Waals surface area contributed by atoms with Crippen molar-refractivity contribution in [2.75, 3.05) is 13.1 Å². The van der Waals surface area contributed by atoms with Crippen molar-refractivity contribution < 1.29 is 14.0 Å². The largest absolute Gasteiger partial charge is 0.454 e. The van der Waals surface area contributed by atoms with Crippen molar-refractivity contribution >= 4 is 23.2 Å². The van der Waals surface area contributed by atoms with Crippen molar-refractivity contribution in [1.82, 2.24) is 9.47 Å². The molecule has 0 aliphatic carbocycles. The molecule has 1 aliphatic heterocycles. The van der Waals surface area contributed by atoms with Gasteiger partial charge in [0, 0.05) is 29.7 Å². The number of amides is 2. The molecule has 29 heavy (non-hydrogen) atoms. The van der Waals surface area contributed by atoms with Gasteiger partial charge in [0.25, 0.3) is 11.8 Å². The number of nitrogens with zero attached hydrogens (tertiary/aromatic N) is 3. The Bertz CT molecular complexity index is 1120. The van der Waals surface area contributed by atoms with Gasteiger partial charge in [-0.05, 0) is 51.0 Å². The van der Waals surface area contributed by atoms with Crippen LogP contribution in [0, 0.1) is 13.8 Å². The maximum Gasteiger partial charge on any atom is 0.289 e. The minimum absolute atomic E-state index is 0.0553. The first kappa shape index (κ1) is 19.4. The highest BCUT2D eigenvalue weighted by Crippen LogP contribution is 2.16. The third kappa shape index (κ3) is 4.24. The first-order valence-electron chi connectivity index (χ1n) is 9.70. The Balaban J connectivity index is 1.57. The van der Waals surface area contributed by atoms with Gasteiger partial charge >= 0.3 is 0 Å². The average molecular weight is 410 g/mol. The molecule has 1 aromatic carbocycles. The van der Waals surface area contributed by atoms with E-state index in [1.807, 2.05) is 53.0 Å². The van der Waals surface area contributed by atoms with Crippen LogP contribution in [0.15, 0.2) is 51.2 Å². The number of thiazole rings is 1. The molecule has 0 bridgehead atoms. The first-order chi connectivity index (χ1) is 14.0. The smallest absolute Gasteiger partial charge is 0.289 e. The van der Waals surface area contributed by atoms with E-state index in [1.165, 1.54) is 11.3 Å². The monoisotopic (exact) mass is 409 g/mol. The summed E-state index contributed by atoms with van der Waals surface area (Å²) in [7, 11) is 0. The van der Waals surface area contributed by atoms with Gasteiger partial charge in [-0.15, -0.1) is 11.3 Å². The second-order valence-corrected chi connectivity index (χ2v) is 8.13. The molecule has 4 rings (SSSR count). The van der Waals surface area contributed by atoms with E-state index >= 15 is 0 Å². The van der Waals surface area contributed by atoms with Crippen LogP contribution in [0.2, 0.25) is 0 Å². The number of likely N-dealkylation sites (tertiary alicyclic amines) is 1. The Morgan fingerprint density at radius 2 is 1.93 bits per heavy atom. The Hall–Kier alpha value is -2.93. The molecule has 1 saturated heterocycles. The third-order valence-electron chi connectivity index (χ3n) is 5.03. The van der Waals surface area contributed by atoms with E-state index in [0.29, 0.717) is 28.4 Å². The lowest BCUT2D eigenvalue weighted by Gasteiger charge is -2.12. The van der Waals surface area contributed by atoms with E-state index in [9.17, 15) is 9.59 Å². The topological polar surface area (TPSA) is 67.8 Å². The van der Waals surface area contributed by atoms with Crippen molar-refractivity contribution in [2.24, 2.45) is 4.99 Å². The molecule has 0 saturated carbocycles. The molecule has 0 unspecified atom stereocenters. The van der Waals surface area contributed by atoms with E-state index < -0.39 is 0 Å². The molecule has 150 valence electrons. The fourth-order valence-electron chi connectivity index (χ4n) is 3.43. The number of aromatic nitrogens is 1. The Labute approximate surface area is 173 Å². The van der Waals surface area contributed by atoms with Gasteiger partial charge in [0.1, 0.15) is 5.76 Å². The zero-order valence-electron chi connectivity index (χ0n) is 16.6. The number of hydrogen-bond acceptors (Lipinski definition) is 4. The van der Waals surface area contributed by atoms with Crippen molar-refractivity contribution in [1.29, 1.82) is 0 Å². The molecule has 2 aromatic heterocycles. The van der Waals surface area contributed by atoms with Crippen molar-refractivity contribution in [2.45, 2.75) is 33.2 Å². The van der Waals surface area contributed by atoms with Gasteiger partial charge in [-0.3, -0.25) is 9.59 Å². The van der Waals surface area contributed by atoms with E-state index in [4.69, 9.17) is 4.42 Å². The summed E-state index contributed by atoms with van der Waals surface area (Å²) in [6, 6.07) is 11.0. The zero-order valence-corrected chi connectivity index (χ0v) is 17.4. The molecular weight excluding hydrogens is 386 g/mol. The molecule has 0 spiro atoms. The van der Waals surface area contributed by atoms with Crippen LogP contribution in [0.1, 0.15) is 50.8 Å². The molecule has 3 aromatic rings. The molecule has 0 atom stereocenters. The fraction of sp³-hybridized carbons (Fsp3) is 0.318. The minimum atomic E-state index is -0.270. The van der Waals surface area contributed by atoms with Crippen LogP contribution in [0.25, 0.3) is 0 Å². The molecular formula is C22H23N3O3S. The zero-order chi connectivity index (χ0) is 20.4. The average Bonchev–Trinajstić information content (AvgIpc) is 3.46. The summed E-state index contributed by atoms with van der Waals surface area (Å²) >= 11 is 1.41. The van der Waals surface area contributed by atoms with Crippen LogP contribution < -0.4 is 4.80 Å². The van der Waals surface area contributed by atoms with Gasteiger partial charge in [0.2, 0.25) is 0 Å². The first-order valence-corrected chi connectivity index (χ1v) is 10.6. The van der Waals surface area contributed by atoms with E-state index in [1.54, 1.807) is 12.1 Å². The lowest BCUT2D eigenvalue weighted by Crippen LogP contribution is -2.27. The van der Waals surface area contributed by atoms with E-state index in [-0.39, 0.29) is 11.8 Å². The maximum atomic E-state index is 12.6. The number of furan rings is 1. The highest BCUT2D eigenvalue weighted by Gasteiger charge is 2.22. The van der Waals surface area contributed by atoms with Crippen LogP contribution in [0.3, 0.4) is 0 Å². The number of carbonyl (C=O) groups excluding carboxylic acids is 2. The second-order valence-electron chi connectivity index (χ2n) is 7.30. The normalized spacial score (nSPS) is 14.6. The second kappa shape index (κ2) is 8.21. The summed E-state index contributed by atoms with van der Waals surface area (Å²) in [5, 5.41) is 1.96. The fourth-order valence-corrected chi connectivity index (χ4v) is 4.31. The van der Waals surface area contributed by atoms with Crippen LogP contribution in [-0.2, 0) is 6.54 Å². The molecule has 3 heterocycles. The lowest BCUT2D eigenvalue weighted by atomic mass is 10.1. The summed E-state index contributed by atoms with van der Waals surface area (Å²) in [5.41, 5.74) is 2.57. The highest BCUT2D eigenvalue weighted by atomic mass is 32.1. The number of carbonyl (C=O) groups is 2. The summed E-state index contributed by atoms with van der Waals surface area (Å²) in [6.45, 7) is 5.91. The van der Waals surface area contributed by atoms with E-state index in [2.05, 4.69) is 4.99 Å². The number of aryl methyl sites for hydroxylation is 2. The predicted octanol–water partition coefficient (Wildman–Crippen LogP) is 3.78. The number of hydrogen-bond donors (Lipinski definition) is 0. The molecule has 1 aliphatic rings. The van der Waals surface area contributed by atoms with Crippen LogP contribution in [-0.4, -0.2) is 34.4 Å². The lowest BCUT2D eigenvalue weighted by molar-refractivity contribution is 0.0759. The SMILES string of the molecule is Cc1cccc(C(=O)N=c2scc(C)n2Cc2ccc(C(=O)N3CCCC3)o2)c1. The Morgan fingerprint density at radius 1 is 1.14 bits per heavy atom. The van der Waals surface area contributed by atoms with Crippen LogP contribution in [0.4, 0.5) is 0 Å². The summed E-state index contributed by atoms with van der Waals surface area (Å²) in [4.78, 5) is 31.8. The quantitative estimate of drug-likeness (QED) is 0.658. The molecule has 0 N–H and O–H groups in total. The highest BCUT2D eigenvalue weighted by molar-refractivity contribution is 7.07. The summed E-state index contributed by atoms with van der Waals surface area (Å²) in [6.07, 6.45) is 2.09. The van der Waals surface area contributed by atoms with Gasteiger partial charge in [-0.1, -0.05) is 17.7 Å². The third-order valence-corrected chi connectivity index (χ3v) is 6.01. The van der Waals surface area contributed by atoms with E-state index in [0.717, 1.165) is 37.2 Å². The van der Waals surface area contributed by atoms with Gasteiger partial charge in [-0.25, -0.2) is 0 Å². The van der Waals surface area contributed by atoms with Crippen LogP contribution in [0.5, 0.6) is 0 Å². The standard InChI is InChI=1S/C22H23N3O3S/c1-15-6-5-7-17(12-15)20(26)23-22-25(16(2)14-29-22)13-18-8-9-19(28-18)21(27)24-10-3-4-11-24/h5-9,12,14H,3-4,10-11,13H2,1-2H3. The number of benzene rings is 1. The van der Waals surface area contributed by atoms with Gasteiger partial charge in [-0.2, -0.15) is 4.99 Å². The maximum absolute atomic E-state index is 12.6. The van der Waals surface area contributed by atoms with Gasteiger partial charge in [0.05, 0.1) is 6.54 Å². The number of rotatable bonds is 4. The molecule has 6 nitrogen and oxygen atoms in total. The molecule has 7 heteroatoms. The van der Waals surface area contributed by atoms with Crippen molar-refractivity contribution in [3.05, 3.63) is 74.9 Å². The minimum Gasteiger partial charge on any atom is -0.454 e. The summed E-state index contributed by atoms with van der Waals surface area (Å²) in [5.74, 6) is 0.706. The van der Waals surface area contributed by atoms with Crippen molar-refractivity contribution in [3.8, 4) is 0 Å². The van der Waals surface area contributed by atoms with Gasteiger partial charge < -0.3 is 13.9 Å². The molecule has 2 amide bonds. The van der Waals surface area contributed by atoms with Gasteiger partial charge in [0.15, 0.2) is 10.6 Å². The Morgan fingerprint density at radius 3 is 2.69 bits per heavy atom.